The van der Waals surface area contributed by atoms with E-state index in [1.165, 1.54) is 0 Å². The number of benzene rings is 1. The normalized spacial score (nSPS) is 14.7. The molecule has 1 aromatic carbocycles. The van der Waals surface area contributed by atoms with Crippen LogP contribution in [-0.2, 0) is 4.74 Å². The predicted molar refractivity (Wildman–Crippen MR) is 74.1 cm³/mol. The van der Waals surface area contributed by atoms with Crippen LogP contribution in [0.1, 0.15) is 12.5 Å². The fourth-order valence-electron chi connectivity index (χ4n) is 1.59. The van der Waals surface area contributed by atoms with E-state index < -0.39 is 0 Å². The van der Waals surface area contributed by atoms with Crippen molar-refractivity contribution in [2.24, 2.45) is 5.92 Å². The van der Waals surface area contributed by atoms with Gasteiger partial charge in [0.25, 0.3) is 0 Å². The first-order valence-electron chi connectivity index (χ1n) is 5.77. The van der Waals surface area contributed by atoms with Crippen LogP contribution in [-0.4, -0.2) is 32.0 Å². The molecule has 0 aliphatic rings. The molecule has 18 heavy (non-hydrogen) atoms. The van der Waals surface area contributed by atoms with Gasteiger partial charge in [-0.25, -0.2) is 0 Å². The number of aliphatic hydroxyl groups is 1. The Labute approximate surface area is 113 Å². The van der Waals surface area contributed by atoms with E-state index in [2.05, 4.69) is 0 Å². The van der Waals surface area contributed by atoms with Crippen molar-refractivity contribution >= 4 is 17.7 Å². The Morgan fingerprint density at radius 3 is 2.67 bits per heavy atom. The minimum Gasteiger partial charge on any atom is -0.495 e. The molecule has 100 valence electrons. The first-order valence-corrected chi connectivity index (χ1v) is 6.15. The molecule has 0 bridgehead atoms. The van der Waals surface area contributed by atoms with Gasteiger partial charge in [-0.2, -0.15) is 0 Å². The number of hydrogen-bond donors (Lipinski definition) is 1. The van der Waals surface area contributed by atoms with E-state index in [1.807, 2.05) is 31.2 Å². The van der Waals surface area contributed by atoms with E-state index in [0.717, 1.165) is 5.56 Å². The lowest BCUT2D eigenvalue weighted by atomic mass is 10.0. The van der Waals surface area contributed by atoms with Gasteiger partial charge in [0, 0.05) is 19.6 Å². The Bertz CT molecular complexity index is 404. The first kappa shape index (κ1) is 15.0. The molecule has 4 heteroatoms. The van der Waals surface area contributed by atoms with Gasteiger partial charge < -0.3 is 14.6 Å². The second kappa shape index (κ2) is 7.41. The molecule has 0 spiro atoms. The second-order valence-corrected chi connectivity index (χ2v) is 4.52. The number of hydrogen-bond acceptors (Lipinski definition) is 3. The lowest BCUT2D eigenvalue weighted by Crippen LogP contribution is -2.20. The summed E-state index contributed by atoms with van der Waals surface area (Å²) < 4.78 is 10.5. The third-order valence-electron chi connectivity index (χ3n) is 2.77. The van der Waals surface area contributed by atoms with Crippen molar-refractivity contribution in [1.29, 1.82) is 0 Å². The van der Waals surface area contributed by atoms with Crippen molar-refractivity contribution < 1.29 is 14.6 Å². The predicted octanol–water partition coefficient (Wildman–Crippen LogP) is 3.01. The molecule has 0 fully saturated rings. The molecule has 1 rings (SSSR count). The van der Waals surface area contributed by atoms with Crippen LogP contribution in [0.4, 0.5) is 0 Å². The largest absolute Gasteiger partial charge is 0.495 e. The fraction of sp³-hybridized carbons (Fsp3) is 0.429. The van der Waals surface area contributed by atoms with Crippen LogP contribution in [0.15, 0.2) is 24.3 Å². The van der Waals surface area contributed by atoms with Crippen molar-refractivity contribution in [3.8, 4) is 5.75 Å². The van der Waals surface area contributed by atoms with Crippen LogP contribution in [0.5, 0.6) is 5.75 Å². The molecule has 2 atom stereocenters. The van der Waals surface area contributed by atoms with Crippen LogP contribution < -0.4 is 4.74 Å². The van der Waals surface area contributed by atoms with E-state index in [9.17, 15) is 0 Å². The van der Waals surface area contributed by atoms with Gasteiger partial charge in [-0.1, -0.05) is 36.7 Å². The topological polar surface area (TPSA) is 38.7 Å². The highest BCUT2D eigenvalue weighted by atomic mass is 35.5. The standard InChI is InChI=1S/C14H19ClO3/c1-10(9-16)13(17-2)7-5-11-4-6-12(15)14(8-11)18-3/h4-8,10,13,16H,9H2,1-3H3/b7-5+/t10-,13-/m0/s1. The average molecular weight is 271 g/mol. The Morgan fingerprint density at radius 1 is 1.39 bits per heavy atom. The number of methoxy groups -OCH3 is 2. The lowest BCUT2D eigenvalue weighted by molar-refractivity contribution is 0.0672. The summed E-state index contributed by atoms with van der Waals surface area (Å²) in [5, 5.41) is 9.69. The summed E-state index contributed by atoms with van der Waals surface area (Å²) >= 11 is 5.95. The van der Waals surface area contributed by atoms with Crippen LogP contribution in [0.25, 0.3) is 6.08 Å². The Hall–Kier alpha value is -1.03. The van der Waals surface area contributed by atoms with Crippen LogP contribution >= 0.6 is 11.6 Å². The van der Waals surface area contributed by atoms with Crippen LogP contribution in [0, 0.1) is 5.92 Å². The molecule has 0 saturated heterocycles. The lowest BCUT2D eigenvalue weighted by Gasteiger charge is -2.16. The zero-order chi connectivity index (χ0) is 13.5. The average Bonchev–Trinajstić information content (AvgIpc) is 2.40. The van der Waals surface area contributed by atoms with E-state index in [0.29, 0.717) is 10.8 Å². The summed E-state index contributed by atoms with van der Waals surface area (Å²) in [7, 11) is 3.21. The number of ether oxygens (including phenoxy) is 2. The summed E-state index contributed by atoms with van der Waals surface area (Å²) in [6, 6.07) is 5.55. The molecule has 0 aliphatic heterocycles. The van der Waals surface area contributed by atoms with E-state index in [1.54, 1.807) is 20.3 Å². The Kier molecular flexibility index (Phi) is 6.19. The maximum atomic E-state index is 9.10. The van der Waals surface area contributed by atoms with Gasteiger partial charge in [0.2, 0.25) is 0 Å². The minimum absolute atomic E-state index is 0.0560. The molecule has 0 unspecified atom stereocenters. The van der Waals surface area contributed by atoms with Crippen molar-refractivity contribution in [3.63, 3.8) is 0 Å². The van der Waals surface area contributed by atoms with Crippen molar-refractivity contribution in [1.82, 2.24) is 0 Å². The first-order chi connectivity index (χ1) is 8.62. The third kappa shape index (κ3) is 4.02. The summed E-state index contributed by atoms with van der Waals surface area (Å²) in [6.45, 7) is 2.02. The van der Waals surface area contributed by atoms with Crippen molar-refractivity contribution in [2.75, 3.05) is 20.8 Å². The SMILES string of the molecule is COc1cc(/C=C/[C@H](OC)[C@@H](C)CO)ccc1Cl. The minimum atomic E-state index is -0.114. The van der Waals surface area contributed by atoms with Gasteiger partial charge in [-0.3, -0.25) is 0 Å². The molecule has 0 radical (unpaired) electrons. The highest BCUT2D eigenvalue weighted by Gasteiger charge is 2.12. The maximum Gasteiger partial charge on any atom is 0.138 e. The summed E-state index contributed by atoms with van der Waals surface area (Å²) in [4.78, 5) is 0. The number of halogens is 1. The molecule has 1 aromatic rings. The summed E-state index contributed by atoms with van der Waals surface area (Å²) in [5.41, 5.74) is 0.975. The summed E-state index contributed by atoms with van der Waals surface area (Å²) in [5.74, 6) is 0.698. The number of aliphatic hydroxyl groups excluding tert-OH is 1. The zero-order valence-corrected chi connectivity index (χ0v) is 11.6. The summed E-state index contributed by atoms with van der Waals surface area (Å²) in [6.07, 6.45) is 3.74. The quantitative estimate of drug-likeness (QED) is 0.864. The highest BCUT2D eigenvalue weighted by molar-refractivity contribution is 6.32. The molecule has 0 aromatic heterocycles. The van der Waals surface area contributed by atoms with Gasteiger partial charge >= 0.3 is 0 Å². The number of rotatable bonds is 6. The van der Waals surface area contributed by atoms with E-state index in [-0.39, 0.29) is 18.6 Å². The molecular formula is C14H19ClO3. The molecule has 1 N–H and O–H groups in total. The second-order valence-electron chi connectivity index (χ2n) is 4.11. The monoisotopic (exact) mass is 270 g/mol. The van der Waals surface area contributed by atoms with Crippen LogP contribution in [0.2, 0.25) is 5.02 Å². The smallest absolute Gasteiger partial charge is 0.138 e. The van der Waals surface area contributed by atoms with Crippen molar-refractivity contribution in [3.05, 3.63) is 34.9 Å². The molecule has 0 amide bonds. The third-order valence-corrected chi connectivity index (χ3v) is 3.09. The highest BCUT2D eigenvalue weighted by Crippen LogP contribution is 2.25. The van der Waals surface area contributed by atoms with E-state index >= 15 is 0 Å². The van der Waals surface area contributed by atoms with Gasteiger partial charge in [-0.05, 0) is 17.7 Å². The van der Waals surface area contributed by atoms with Gasteiger partial charge in [0.1, 0.15) is 5.75 Å². The van der Waals surface area contributed by atoms with Crippen LogP contribution in [0.3, 0.4) is 0 Å². The molecule has 3 nitrogen and oxygen atoms in total. The Morgan fingerprint density at radius 2 is 2.11 bits per heavy atom. The molecule has 0 saturated carbocycles. The molecule has 0 heterocycles. The fourth-order valence-corrected chi connectivity index (χ4v) is 1.79. The van der Waals surface area contributed by atoms with Gasteiger partial charge in [0.15, 0.2) is 0 Å². The van der Waals surface area contributed by atoms with Crippen molar-refractivity contribution in [2.45, 2.75) is 13.0 Å². The van der Waals surface area contributed by atoms with Gasteiger partial charge in [-0.15, -0.1) is 0 Å². The maximum absolute atomic E-state index is 9.10. The van der Waals surface area contributed by atoms with E-state index in [4.69, 9.17) is 26.2 Å². The zero-order valence-electron chi connectivity index (χ0n) is 10.9. The van der Waals surface area contributed by atoms with Gasteiger partial charge in [0.05, 0.1) is 18.2 Å². The molecule has 0 aliphatic carbocycles. The Balaban J connectivity index is 2.82. The molecular weight excluding hydrogens is 252 g/mol.